The molecule has 1 atom stereocenters. The lowest BCUT2D eigenvalue weighted by atomic mass is 9.71. The summed E-state index contributed by atoms with van der Waals surface area (Å²) in [5.41, 5.74) is -0.109. The van der Waals surface area contributed by atoms with E-state index in [-0.39, 0.29) is 23.0 Å². The summed E-state index contributed by atoms with van der Waals surface area (Å²) >= 11 is 0. The number of methoxy groups -OCH3 is 1. The van der Waals surface area contributed by atoms with E-state index in [1.165, 1.54) is 12.8 Å². The Balaban J connectivity index is 1.73. The maximum absolute atomic E-state index is 12.8. The number of carbonyl (C=O) groups excluding carboxylic acids is 1. The number of hydrogen-bond acceptors (Lipinski definition) is 4. The molecule has 2 saturated heterocycles. The SMILES string of the molecule is CCS(=O)(=O)N1CCC2(CC1)CN(CC1CC1)C(=O)[C@@H]2COC. The number of piperidine rings is 1. The van der Waals surface area contributed by atoms with E-state index in [0.717, 1.165) is 25.9 Å². The average molecular weight is 344 g/mol. The van der Waals surface area contributed by atoms with Gasteiger partial charge in [0.15, 0.2) is 0 Å². The third-order valence-electron chi connectivity index (χ3n) is 5.84. The van der Waals surface area contributed by atoms with Crippen LogP contribution < -0.4 is 0 Å². The van der Waals surface area contributed by atoms with Gasteiger partial charge in [-0.05, 0) is 38.5 Å². The fourth-order valence-corrected chi connectivity index (χ4v) is 5.23. The topological polar surface area (TPSA) is 66.9 Å². The van der Waals surface area contributed by atoms with E-state index in [1.54, 1.807) is 18.3 Å². The highest BCUT2D eigenvalue weighted by Gasteiger charge is 2.54. The molecule has 1 aliphatic carbocycles. The first-order chi connectivity index (χ1) is 10.9. The quantitative estimate of drug-likeness (QED) is 0.719. The number of likely N-dealkylation sites (tertiary alicyclic amines) is 1. The predicted molar refractivity (Wildman–Crippen MR) is 87.4 cm³/mol. The zero-order chi connectivity index (χ0) is 16.7. The molecule has 0 aromatic carbocycles. The van der Waals surface area contributed by atoms with Crippen molar-refractivity contribution in [1.82, 2.24) is 9.21 Å². The number of rotatable bonds is 6. The van der Waals surface area contributed by atoms with Gasteiger partial charge in [0.1, 0.15) is 0 Å². The van der Waals surface area contributed by atoms with Crippen molar-refractivity contribution in [3.8, 4) is 0 Å². The van der Waals surface area contributed by atoms with Gasteiger partial charge in [0.25, 0.3) is 0 Å². The molecule has 1 spiro atoms. The molecule has 1 amide bonds. The molecule has 2 heterocycles. The van der Waals surface area contributed by atoms with Crippen molar-refractivity contribution < 1.29 is 17.9 Å². The fourth-order valence-electron chi connectivity index (χ4n) is 4.13. The molecule has 7 heteroatoms. The Hall–Kier alpha value is -0.660. The predicted octanol–water partition coefficient (Wildman–Crippen LogP) is 0.933. The normalized spacial score (nSPS) is 28.7. The highest BCUT2D eigenvalue weighted by atomic mass is 32.2. The Morgan fingerprint density at radius 2 is 1.91 bits per heavy atom. The number of carbonyl (C=O) groups is 1. The van der Waals surface area contributed by atoms with Gasteiger partial charge in [-0.25, -0.2) is 12.7 Å². The second kappa shape index (κ2) is 6.33. The summed E-state index contributed by atoms with van der Waals surface area (Å²) in [5, 5.41) is 0. The number of sulfonamides is 1. The van der Waals surface area contributed by atoms with Gasteiger partial charge in [-0.15, -0.1) is 0 Å². The van der Waals surface area contributed by atoms with Gasteiger partial charge < -0.3 is 9.64 Å². The van der Waals surface area contributed by atoms with Gasteiger partial charge in [0.05, 0.1) is 18.3 Å². The van der Waals surface area contributed by atoms with Crippen molar-refractivity contribution in [1.29, 1.82) is 0 Å². The zero-order valence-corrected chi connectivity index (χ0v) is 15.0. The van der Waals surface area contributed by atoms with E-state index in [1.807, 2.05) is 4.90 Å². The van der Waals surface area contributed by atoms with Crippen molar-refractivity contribution in [3.05, 3.63) is 0 Å². The van der Waals surface area contributed by atoms with Gasteiger partial charge >= 0.3 is 0 Å². The largest absolute Gasteiger partial charge is 0.384 e. The van der Waals surface area contributed by atoms with Crippen LogP contribution in [0.25, 0.3) is 0 Å². The second-order valence-electron chi connectivity index (χ2n) is 7.33. The van der Waals surface area contributed by atoms with Crippen LogP contribution in [0.1, 0.15) is 32.6 Å². The minimum absolute atomic E-state index is 0.109. The number of nitrogens with zero attached hydrogens (tertiary/aromatic N) is 2. The standard InChI is InChI=1S/C16H28N2O4S/c1-3-23(20,21)18-8-6-16(7-9-18)12-17(10-13-4-5-13)15(19)14(16)11-22-2/h13-14H,3-12H2,1-2H3/t14-/m0/s1. The first kappa shape index (κ1) is 17.2. The first-order valence-corrected chi connectivity index (χ1v) is 10.3. The molecule has 0 bridgehead atoms. The van der Waals surface area contributed by atoms with Crippen molar-refractivity contribution in [2.45, 2.75) is 32.6 Å². The molecule has 0 unspecified atom stereocenters. The first-order valence-electron chi connectivity index (χ1n) is 8.67. The molecule has 0 radical (unpaired) electrons. The summed E-state index contributed by atoms with van der Waals surface area (Å²) < 4.78 is 31.1. The van der Waals surface area contributed by atoms with E-state index in [0.29, 0.717) is 25.6 Å². The maximum Gasteiger partial charge on any atom is 0.228 e. The summed E-state index contributed by atoms with van der Waals surface area (Å²) in [7, 11) is -1.49. The lowest BCUT2D eigenvalue weighted by Crippen LogP contribution is -2.47. The van der Waals surface area contributed by atoms with Crippen molar-refractivity contribution >= 4 is 15.9 Å². The van der Waals surface area contributed by atoms with Crippen molar-refractivity contribution in [2.24, 2.45) is 17.3 Å². The molecular weight excluding hydrogens is 316 g/mol. The van der Waals surface area contributed by atoms with Gasteiger partial charge in [0.2, 0.25) is 15.9 Å². The van der Waals surface area contributed by atoms with Crippen LogP contribution in [0.15, 0.2) is 0 Å². The third-order valence-corrected chi connectivity index (χ3v) is 7.72. The van der Waals surface area contributed by atoms with Crippen molar-refractivity contribution in [2.75, 3.05) is 45.6 Å². The van der Waals surface area contributed by atoms with Crippen LogP contribution in [0.5, 0.6) is 0 Å². The Morgan fingerprint density at radius 3 is 2.43 bits per heavy atom. The molecule has 3 rings (SSSR count). The monoisotopic (exact) mass is 344 g/mol. The molecule has 6 nitrogen and oxygen atoms in total. The fraction of sp³-hybridized carbons (Fsp3) is 0.938. The summed E-state index contributed by atoms with van der Waals surface area (Å²) in [4.78, 5) is 14.8. The molecule has 23 heavy (non-hydrogen) atoms. The lowest BCUT2D eigenvalue weighted by molar-refractivity contribution is -0.133. The number of hydrogen-bond donors (Lipinski definition) is 0. The molecular formula is C16H28N2O4S. The van der Waals surface area contributed by atoms with Crippen LogP contribution in [0, 0.1) is 17.3 Å². The lowest BCUT2D eigenvalue weighted by Gasteiger charge is -2.41. The summed E-state index contributed by atoms with van der Waals surface area (Å²) in [5.74, 6) is 0.926. The number of amides is 1. The molecule has 2 aliphatic heterocycles. The molecule has 3 fully saturated rings. The summed E-state index contributed by atoms with van der Waals surface area (Å²) in [6.45, 7) is 4.83. The highest BCUT2D eigenvalue weighted by Crippen LogP contribution is 2.47. The van der Waals surface area contributed by atoms with Crippen LogP contribution >= 0.6 is 0 Å². The summed E-state index contributed by atoms with van der Waals surface area (Å²) in [6, 6.07) is 0. The van der Waals surface area contributed by atoms with Crippen LogP contribution in [0.3, 0.4) is 0 Å². The maximum atomic E-state index is 12.8. The van der Waals surface area contributed by atoms with Crippen LogP contribution in [0.4, 0.5) is 0 Å². The number of ether oxygens (including phenoxy) is 1. The highest BCUT2D eigenvalue weighted by molar-refractivity contribution is 7.89. The Bertz CT molecular complexity index is 550. The molecule has 1 saturated carbocycles. The van der Waals surface area contributed by atoms with E-state index < -0.39 is 10.0 Å². The molecule has 0 N–H and O–H groups in total. The second-order valence-corrected chi connectivity index (χ2v) is 9.59. The zero-order valence-electron chi connectivity index (χ0n) is 14.2. The van der Waals surface area contributed by atoms with E-state index in [4.69, 9.17) is 4.74 Å². The Morgan fingerprint density at radius 1 is 1.26 bits per heavy atom. The minimum atomic E-state index is -3.13. The molecule has 0 aromatic heterocycles. The van der Waals surface area contributed by atoms with E-state index >= 15 is 0 Å². The van der Waals surface area contributed by atoms with Crippen LogP contribution in [-0.2, 0) is 19.6 Å². The van der Waals surface area contributed by atoms with Gasteiger partial charge in [-0.3, -0.25) is 4.79 Å². The molecule has 3 aliphatic rings. The molecule has 0 aromatic rings. The molecule has 132 valence electrons. The Kier molecular flexibility index (Phi) is 4.73. The van der Waals surface area contributed by atoms with Crippen molar-refractivity contribution in [3.63, 3.8) is 0 Å². The minimum Gasteiger partial charge on any atom is -0.384 e. The Labute approximate surface area is 139 Å². The van der Waals surface area contributed by atoms with Gasteiger partial charge in [-0.1, -0.05) is 0 Å². The average Bonchev–Trinajstić information content (AvgIpc) is 3.32. The van der Waals surface area contributed by atoms with E-state index in [9.17, 15) is 13.2 Å². The van der Waals surface area contributed by atoms with Crippen LogP contribution in [0.2, 0.25) is 0 Å². The van der Waals surface area contributed by atoms with Crippen LogP contribution in [-0.4, -0.2) is 69.2 Å². The third kappa shape index (κ3) is 3.28. The van der Waals surface area contributed by atoms with E-state index in [2.05, 4.69) is 0 Å². The summed E-state index contributed by atoms with van der Waals surface area (Å²) in [6.07, 6.45) is 3.98. The smallest absolute Gasteiger partial charge is 0.228 e. The van der Waals surface area contributed by atoms with Gasteiger partial charge in [0, 0.05) is 38.7 Å². The van der Waals surface area contributed by atoms with Gasteiger partial charge in [-0.2, -0.15) is 0 Å².